The molecule has 5 heterocycles. The SMILES string of the molecule is C.C.CC/C=C\C/C=C\C/C=C\C/C=C\C/C=C\C/C=C\CCC(=O)N[C@@H](CCCCNC(=O)CCCc1cn(CCCCCCNC(=O)O[C@@H]2C(O)[C@@H](OC)OC(CO[C@H]3OC(COC)[C@@H](O)[C@H](O)C3O)[C@H]2O)nn1)C(=O)OCC.CCCCC/C=C\C/C=C\C/C=C\CCCCC(=O)N[C@@H](CCCCNC(=O)O[C@@H]1C(O)[C@@H](OC)OC(CO[C@H]2OC(COC)[C@@H](O)[C@H](O)C2O)[C@H]1O)C(=O)OCC. The molecular formula is C100H170N8O31. The Hall–Kier alpha value is -8.11. The number of esters is 2. The summed E-state index contributed by atoms with van der Waals surface area (Å²) in [6.45, 7) is 8.52. The molecular weight excluding hydrogens is 1810 g/mol. The summed E-state index contributed by atoms with van der Waals surface area (Å²) < 4.78 is 76.6. The Balaban J connectivity index is 0.000000970. The Labute approximate surface area is 822 Å². The van der Waals surface area contributed by atoms with Crippen LogP contribution in [0.3, 0.4) is 0 Å². The van der Waals surface area contributed by atoms with Crippen molar-refractivity contribution in [2.24, 2.45) is 0 Å². The summed E-state index contributed by atoms with van der Waals surface area (Å²) >= 11 is 0. The number of rotatable bonds is 68. The maximum absolute atomic E-state index is 12.7. The van der Waals surface area contributed by atoms with Crippen LogP contribution in [0.1, 0.15) is 241 Å². The first-order valence-corrected chi connectivity index (χ1v) is 48.8. The minimum Gasteiger partial charge on any atom is -0.464 e. The van der Waals surface area contributed by atoms with Gasteiger partial charge in [0.1, 0.15) is 97.5 Å². The summed E-state index contributed by atoms with van der Waals surface area (Å²) in [5, 5.41) is 127. The van der Waals surface area contributed by atoms with Gasteiger partial charge in [-0.25, -0.2) is 19.2 Å². The van der Waals surface area contributed by atoms with Crippen molar-refractivity contribution < 1.29 is 151 Å². The number of nitrogens with zero attached hydrogens (tertiary/aromatic N) is 3. The van der Waals surface area contributed by atoms with Gasteiger partial charge in [0.15, 0.2) is 37.4 Å². The Morgan fingerprint density at radius 3 is 1.19 bits per heavy atom. The largest absolute Gasteiger partial charge is 0.464 e. The van der Waals surface area contributed by atoms with E-state index in [0.29, 0.717) is 83.7 Å². The van der Waals surface area contributed by atoms with E-state index in [-0.39, 0.29) is 91.4 Å². The first kappa shape index (κ1) is 127. The molecule has 4 fully saturated rings. The van der Waals surface area contributed by atoms with E-state index in [2.05, 4.69) is 148 Å². The average Bonchev–Trinajstić information content (AvgIpc) is 0.844. The van der Waals surface area contributed by atoms with Crippen LogP contribution in [0.4, 0.5) is 9.59 Å². The predicted molar refractivity (Wildman–Crippen MR) is 520 cm³/mol. The van der Waals surface area contributed by atoms with Crippen LogP contribution in [0.15, 0.2) is 116 Å². The number of alkyl carbamates (subject to hydrolysis) is 2. The second-order valence-corrected chi connectivity index (χ2v) is 33.6. The van der Waals surface area contributed by atoms with Crippen LogP contribution in [0.2, 0.25) is 0 Å². The first-order chi connectivity index (χ1) is 66.3. The van der Waals surface area contributed by atoms with Crippen molar-refractivity contribution in [3.05, 3.63) is 121 Å². The average molecular weight is 1980 g/mol. The van der Waals surface area contributed by atoms with Gasteiger partial charge in [0.05, 0.1) is 45.3 Å². The molecule has 8 unspecified atom stereocenters. The number of aryl methyl sites for hydroxylation is 2. The maximum atomic E-state index is 12.7. The lowest BCUT2D eigenvalue weighted by atomic mass is 9.98. The number of hydrogen-bond acceptors (Lipinski definition) is 33. The molecule has 4 aliphatic rings. The molecule has 0 aliphatic carbocycles. The summed E-state index contributed by atoms with van der Waals surface area (Å²) in [6.07, 6.45) is 33.2. The monoisotopic (exact) mass is 1980 g/mol. The molecule has 22 atom stereocenters. The molecule has 5 rings (SSSR count). The van der Waals surface area contributed by atoms with Crippen LogP contribution in [0.25, 0.3) is 0 Å². The number of carbonyl (C=O) groups excluding carboxylic acids is 7. The second kappa shape index (κ2) is 78.4. The number of ether oxygens (including phenoxy) is 14. The normalized spacial score (nSPS) is 25.5. The van der Waals surface area contributed by atoms with Gasteiger partial charge in [-0.15, -0.1) is 5.10 Å². The predicted octanol–water partition coefficient (Wildman–Crippen LogP) is 8.36. The van der Waals surface area contributed by atoms with Crippen molar-refractivity contribution in [2.75, 3.05) is 87.7 Å². The van der Waals surface area contributed by atoms with Crippen LogP contribution in [-0.2, 0) is 103 Å². The molecule has 1 aromatic rings. The van der Waals surface area contributed by atoms with Crippen LogP contribution < -0.4 is 26.6 Å². The highest BCUT2D eigenvalue weighted by atomic mass is 16.8. The third-order valence-corrected chi connectivity index (χ3v) is 22.5. The molecule has 4 aliphatic heterocycles. The number of methoxy groups -OCH3 is 4. The maximum Gasteiger partial charge on any atom is 0.407 e. The van der Waals surface area contributed by atoms with E-state index in [9.17, 15) is 84.6 Å². The van der Waals surface area contributed by atoms with Crippen LogP contribution in [0.5, 0.6) is 0 Å². The van der Waals surface area contributed by atoms with Gasteiger partial charge in [-0.3, -0.25) is 19.1 Å². The summed E-state index contributed by atoms with van der Waals surface area (Å²) in [6, 6.07) is -1.58. The summed E-state index contributed by atoms with van der Waals surface area (Å²) in [7, 11) is 5.23. The standard InChI is InChI=1S/C57H92N6O16.C41H70N2O15.2CH4/c1-5-7-8-9-10-11-12-13-14-15-16-17-18-19-20-21-22-23-26-34-47(65)60-43(54(71)75-6-2)33-27-29-36-58-46(64)35-31-32-42-39-63(62-61-42)38-30-25-24-28-37-59-57(72)79-53-49(67)45(77-55(74-4)52(53)70)41-76-56-51(69)50(68)48(66)44(78-56)40-73-3;1-5-7-8-9-10-11-12-13-14-15-16-17-18-19-20-24-31(44)43-28(38(50)54-6-2)23-21-22-25-42-41(51)58-37-33(46)30(56-39(53-4)36(37)49)27-55-40-35(48)34(47)32(45)29(57-40)26-52-3;;/h7-8,10-11,13-14,16-17,19-20,22-23,39,43-45,48-53,55-56,66-70H,5-6,9,12,15,18,21,24-38,40-41H2,1-4H3,(H,58,64)(H,59,72)(H,60,65);10-11,13-14,16-17,28-30,32-37,39-40,45-49H,5-9,12,15,18-27H2,1-4H3,(H,42,51)(H,43,44);2*1H4/b8-7-,11-10-,14-13-,17-16-,20-19-,23-22-;11-10-,14-13-,17-16-;;/t43-,44?,45?,48+,49+,50-,51?,52?,53-,55-,56-;28-,29?,30?,32+,33+,34-,35?,36?,37-,39-,40-;;/m00../s1. The molecule has 139 heavy (non-hydrogen) atoms. The van der Waals surface area contributed by atoms with Gasteiger partial charge in [-0.2, -0.15) is 0 Å². The summed E-state index contributed by atoms with van der Waals surface area (Å²) in [4.78, 5) is 88.5. The highest BCUT2D eigenvalue weighted by Gasteiger charge is 2.52. The topological polar surface area (TPSA) is 542 Å². The molecule has 5 amide bonds. The third kappa shape index (κ3) is 52.6. The molecule has 0 bridgehead atoms. The molecule has 39 heteroatoms. The Bertz CT molecular complexity index is 3720. The van der Waals surface area contributed by atoms with E-state index in [1.54, 1.807) is 18.5 Å². The van der Waals surface area contributed by atoms with Gasteiger partial charge in [0.25, 0.3) is 0 Å². The van der Waals surface area contributed by atoms with Crippen molar-refractivity contribution in [1.82, 2.24) is 41.6 Å². The van der Waals surface area contributed by atoms with Gasteiger partial charge < -0.3 is 144 Å². The van der Waals surface area contributed by atoms with Crippen LogP contribution >= 0.6 is 0 Å². The Morgan fingerprint density at radius 2 is 0.770 bits per heavy atom. The van der Waals surface area contributed by atoms with Gasteiger partial charge >= 0.3 is 24.1 Å². The smallest absolute Gasteiger partial charge is 0.407 e. The Morgan fingerprint density at radius 1 is 0.388 bits per heavy atom. The van der Waals surface area contributed by atoms with Crippen molar-refractivity contribution in [3.63, 3.8) is 0 Å². The second-order valence-electron chi connectivity index (χ2n) is 33.6. The van der Waals surface area contributed by atoms with Crippen LogP contribution in [-0.4, -0.2) is 331 Å². The number of allylic oxidation sites excluding steroid dienone is 18. The molecule has 4 saturated heterocycles. The number of carbonyl (C=O) groups is 7. The quantitative estimate of drug-likeness (QED) is 0.0126. The van der Waals surface area contributed by atoms with E-state index < -0.39 is 172 Å². The minimum absolute atomic E-state index is 0. The lowest BCUT2D eigenvalue weighted by Gasteiger charge is -2.43. The molecule has 15 N–H and O–H groups in total. The van der Waals surface area contributed by atoms with Crippen LogP contribution in [0, 0.1) is 0 Å². The van der Waals surface area contributed by atoms with E-state index in [4.69, 9.17) is 66.3 Å². The lowest BCUT2D eigenvalue weighted by molar-refractivity contribution is -0.328. The number of amides is 5. The first-order valence-electron chi connectivity index (χ1n) is 48.8. The van der Waals surface area contributed by atoms with E-state index in [0.717, 1.165) is 95.6 Å². The molecule has 0 aromatic carbocycles. The van der Waals surface area contributed by atoms with Gasteiger partial charge in [-0.05, 0) is 168 Å². The van der Waals surface area contributed by atoms with Crippen molar-refractivity contribution in [2.45, 2.75) is 383 Å². The van der Waals surface area contributed by atoms with Gasteiger partial charge in [0, 0.05) is 80.1 Å². The lowest BCUT2D eigenvalue weighted by Crippen LogP contribution is -2.62. The minimum atomic E-state index is -1.65. The fraction of sp³-hybridized carbons (Fsp3) is 0.730. The third-order valence-electron chi connectivity index (χ3n) is 22.5. The molecule has 1 aromatic heterocycles. The van der Waals surface area contributed by atoms with E-state index in [1.807, 2.05) is 18.3 Å². The van der Waals surface area contributed by atoms with Crippen molar-refractivity contribution in [3.8, 4) is 0 Å². The molecule has 39 nitrogen and oxygen atoms in total. The fourth-order valence-corrected chi connectivity index (χ4v) is 14.8. The number of unbranched alkanes of at least 4 members (excludes halogenated alkanes) is 10. The van der Waals surface area contributed by atoms with Gasteiger partial charge in [0.2, 0.25) is 17.7 Å². The summed E-state index contributed by atoms with van der Waals surface area (Å²) in [5.74, 6) is -1.53. The zero-order valence-corrected chi connectivity index (χ0v) is 81.5. The molecule has 0 spiro atoms. The van der Waals surface area contributed by atoms with E-state index in [1.165, 1.54) is 47.7 Å². The number of hydrogen-bond donors (Lipinski definition) is 15. The number of nitrogens with one attached hydrogen (secondary N) is 5. The molecule has 796 valence electrons. The molecule has 0 radical (unpaired) electrons. The fourth-order valence-electron chi connectivity index (χ4n) is 14.8. The highest BCUT2D eigenvalue weighted by Crippen LogP contribution is 2.31. The summed E-state index contributed by atoms with van der Waals surface area (Å²) in [5.41, 5.74) is 0.782. The highest BCUT2D eigenvalue weighted by molar-refractivity contribution is 5.85. The number of aliphatic hydroxyl groups excluding tert-OH is 10. The van der Waals surface area contributed by atoms with Crippen molar-refractivity contribution >= 4 is 41.8 Å². The van der Waals surface area contributed by atoms with Gasteiger partial charge in [-0.1, -0.05) is 169 Å². The zero-order valence-electron chi connectivity index (χ0n) is 81.5. The Kier molecular flexibility index (Phi) is 71.6. The number of aromatic nitrogens is 3. The number of aliphatic hydroxyl groups is 10. The molecule has 0 saturated carbocycles. The zero-order chi connectivity index (χ0) is 100. The van der Waals surface area contributed by atoms with Crippen molar-refractivity contribution in [1.29, 1.82) is 0 Å². The van der Waals surface area contributed by atoms with E-state index >= 15 is 0 Å².